The Hall–Kier alpha value is -1.19. The first-order valence-corrected chi connectivity index (χ1v) is 3.99. The first-order valence-electron chi connectivity index (χ1n) is 3.99. The zero-order valence-electron chi connectivity index (χ0n) is 8.01. The monoisotopic (exact) mass is 188 g/mol. The molecule has 0 spiro atoms. The molecular formula is C9H14F2N2. The third-order valence-corrected chi connectivity index (χ3v) is 1.44. The van der Waals surface area contributed by atoms with Gasteiger partial charge in [0, 0.05) is 18.8 Å². The molecule has 0 bridgehead atoms. The number of nitrogens with zero attached hydrogens (tertiary/aromatic N) is 1. The highest BCUT2D eigenvalue weighted by atomic mass is 19.1. The predicted octanol–water partition coefficient (Wildman–Crippen LogP) is 2.55. The van der Waals surface area contributed by atoms with Crippen molar-refractivity contribution in [3.05, 3.63) is 24.3 Å². The molecule has 0 unspecified atom stereocenters. The van der Waals surface area contributed by atoms with E-state index in [1.165, 1.54) is 6.08 Å². The molecule has 0 radical (unpaired) electrons. The van der Waals surface area contributed by atoms with E-state index in [2.05, 4.69) is 10.3 Å². The average molecular weight is 188 g/mol. The smallest absolute Gasteiger partial charge is 0.214 e. The van der Waals surface area contributed by atoms with Crippen LogP contribution in [0.3, 0.4) is 0 Å². The van der Waals surface area contributed by atoms with E-state index in [9.17, 15) is 8.78 Å². The molecule has 0 aromatic rings. The van der Waals surface area contributed by atoms with Crippen LogP contribution >= 0.6 is 0 Å². The summed E-state index contributed by atoms with van der Waals surface area (Å²) in [5.41, 5.74) is 0.716. The first kappa shape index (κ1) is 11.8. The standard InChI is InChI=1S/C9H14F2N2/c1-7(2)8(12-3)6-9(11)13-5-4-10/h4-7,12H,1-3H3/b5-4+,8-6-,13-9-. The number of hydrogen-bond donors (Lipinski definition) is 1. The number of hydrogen-bond acceptors (Lipinski definition) is 2. The Balaban J connectivity index is 4.50. The van der Waals surface area contributed by atoms with E-state index in [1.54, 1.807) is 7.05 Å². The van der Waals surface area contributed by atoms with Gasteiger partial charge in [-0.05, 0) is 5.92 Å². The number of nitrogens with one attached hydrogen (secondary N) is 1. The second kappa shape index (κ2) is 6.34. The summed E-state index contributed by atoms with van der Waals surface area (Å²) in [6, 6.07) is 0. The molecule has 0 heterocycles. The normalized spacial score (nSPS) is 14.3. The van der Waals surface area contributed by atoms with E-state index in [-0.39, 0.29) is 12.2 Å². The van der Waals surface area contributed by atoms with Crippen molar-refractivity contribution in [1.29, 1.82) is 0 Å². The van der Waals surface area contributed by atoms with Gasteiger partial charge in [0.25, 0.3) is 0 Å². The summed E-state index contributed by atoms with van der Waals surface area (Å²) in [5.74, 6) is -0.535. The first-order chi connectivity index (χ1) is 6.11. The third kappa shape index (κ3) is 5.11. The lowest BCUT2D eigenvalue weighted by Gasteiger charge is -2.08. The van der Waals surface area contributed by atoms with Crippen LogP contribution in [0, 0.1) is 5.92 Å². The SMILES string of the molecule is CN\C(=C/C(F)=N/C=C/F)C(C)C. The highest BCUT2D eigenvalue weighted by Crippen LogP contribution is 2.05. The maximum Gasteiger partial charge on any atom is 0.214 e. The van der Waals surface area contributed by atoms with Crippen molar-refractivity contribution in [1.82, 2.24) is 5.32 Å². The van der Waals surface area contributed by atoms with Gasteiger partial charge in [-0.3, -0.25) is 0 Å². The molecule has 0 atom stereocenters. The van der Waals surface area contributed by atoms with Crippen LogP contribution in [0.1, 0.15) is 13.8 Å². The van der Waals surface area contributed by atoms with Gasteiger partial charge in [-0.1, -0.05) is 13.8 Å². The van der Waals surface area contributed by atoms with E-state index in [4.69, 9.17) is 0 Å². The molecule has 13 heavy (non-hydrogen) atoms. The molecule has 0 amide bonds. The van der Waals surface area contributed by atoms with Crippen molar-refractivity contribution in [3.8, 4) is 0 Å². The number of rotatable bonds is 4. The maximum absolute atomic E-state index is 12.8. The fourth-order valence-corrected chi connectivity index (χ4v) is 0.792. The molecular weight excluding hydrogens is 174 g/mol. The minimum Gasteiger partial charge on any atom is -0.391 e. The Labute approximate surface area is 77.1 Å². The predicted molar refractivity (Wildman–Crippen MR) is 50.8 cm³/mol. The van der Waals surface area contributed by atoms with Crippen LogP contribution in [0.2, 0.25) is 0 Å². The second-order valence-corrected chi connectivity index (χ2v) is 2.73. The van der Waals surface area contributed by atoms with E-state index in [0.717, 1.165) is 6.20 Å². The second-order valence-electron chi connectivity index (χ2n) is 2.73. The fraction of sp³-hybridized carbons (Fsp3) is 0.444. The summed E-state index contributed by atoms with van der Waals surface area (Å²) in [6.07, 6.45) is 2.19. The van der Waals surface area contributed by atoms with Crippen LogP contribution < -0.4 is 5.32 Å². The zero-order valence-corrected chi connectivity index (χ0v) is 8.01. The highest BCUT2D eigenvalue weighted by Gasteiger charge is 2.01. The van der Waals surface area contributed by atoms with Crippen LogP contribution in [0.15, 0.2) is 29.3 Å². The Morgan fingerprint density at radius 3 is 2.46 bits per heavy atom. The van der Waals surface area contributed by atoms with Crippen molar-refractivity contribution in [2.24, 2.45) is 10.9 Å². The molecule has 2 nitrogen and oxygen atoms in total. The van der Waals surface area contributed by atoms with Crippen LogP contribution in [-0.2, 0) is 0 Å². The molecule has 0 saturated heterocycles. The lowest BCUT2D eigenvalue weighted by molar-refractivity contribution is 0.695. The lowest BCUT2D eigenvalue weighted by atomic mass is 10.1. The van der Waals surface area contributed by atoms with Crippen molar-refractivity contribution in [2.45, 2.75) is 13.8 Å². The van der Waals surface area contributed by atoms with E-state index < -0.39 is 5.97 Å². The number of halogens is 2. The van der Waals surface area contributed by atoms with Crippen molar-refractivity contribution >= 4 is 5.97 Å². The van der Waals surface area contributed by atoms with Gasteiger partial charge in [0.1, 0.15) is 6.33 Å². The topological polar surface area (TPSA) is 24.4 Å². The lowest BCUT2D eigenvalue weighted by Crippen LogP contribution is -2.12. The molecule has 0 aliphatic carbocycles. The maximum atomic E-state index is 12.8. The molecule has 1 N–H and O–H groups in total. The molecule has 0 saturated carbocycles. The Bertz CT molecular complexity index is 230. The van der Waals surface area contributed by atoms with Gasteiger partial charge in [-0.25, -0.2) is 9.38 Å². The molecule has 4 heteroatoms. The third-order valence-electron chi connectivity index (χ3n) is 1.44. The summed E-state index contributed by atoms with van der Waals surface area (Å²) in [7, 11) is 1.70. The van der Waals surface area contributed by atoms with Gasteiger partial charge in [0.2, 0.25) is 5.97 Å². The Morgan fingerprint density at radius 1 is 1.46 bits per heavy atom. The van der Waals surface area contributed by atoms with Crippen molar-refractivity contribution in [3.63, 3.8) is 0 Å². The summed E-state index contributed by atoms with van der Waals surface area (Å²) in [4.78, 5) is 3.19. The van der Waals surface area contributed by atoms with Crippen LogP contribution in [0.5, 0.6) is 0 Å². The summed E-state index contributed by atoms with van der Waals surface area (Å²) in [5, 5.41) is 2.83. The van der Waals surface area contributed by atoms with Gasteiger partial charge < -0.3 is 5.32 Å². The van der Waals surface area contributed by atoms with Crippen LogP contribution in [0.4, 0.5) is 8.78 Å². The van der Waals surface area contributed by atoms with E-state index in [0.29, 0.717) is 5.70 Å². The van der Waals surface area contributed by atoms with Gasteiger partial charge in [-0.15, -0.1) is 0 Å². The van der Waals surface area contributed by atoms with Gasteiger partial charge >= 0.3 is 0 Å². The molecule has 0 rings (SSSR count). The average Bonchev–Trinajstić information content (AvgIpc) is 2.10. The quantitative estimate of drug-likeness (QED) is 0.673. The fourth-order valence-electron chi connectivity index (χ4n) is 0.792. The van der Waals surface area contributed by atoms with Crippen molar-refractivity contribution in [2.75, 3.05) is 7.05 Å². The molecule has 0 fully saturated rings. The van der Waals surface area contributed by atoms with E-state index in [1.807, 2.05) is 13.8 Å². The van der Waals surface area contributed by atoms with Gasteiger partial charge in [-0.2, -0.15) is 4.39 Å². The number of aliphatic imine (C=N–C) groups is 1. The van der Waals surface area contributed by atoms with Crippen LogP contribution in [-0.4, -0.2) is 13.0 Å². The Kier molecular flexibility index (Phi) is 5.76. The highest BCUT2D eigenvalue weighted by molar-refractivity contribution is 5.87. The summed E-state index contributed by atoms with van der Waals surface area (Å²) < 4.78 is 24.2. The van der Waals surface area contributed by atoms with Crippen molar-refractivity contribution < 1.29 is 8.78 Å². The molecule has 74 valence electrons. The van der Waals surface area contributed by atoms with Crippen LogP contribution in [0.25, 0.3) is 0 Å². The van der Waals surface area contributed by atoms with E-state index >= 15 is 0 Å². The Morgan fingerprint density at radius 2 is 2.08 bits per heavy atom. The summed E-state index contributed by atoms with van der Waals surface area (Å²) >= 11 is 0. The minimum atomic E-state index is -0.716. The largest absolute Gasteiger partial charge is 0.391 e. The minimum absolute atomic E-state index is 0.181. The summed E-state index contributed by atoms with van der Waals surface area (Å²) in [6.45, 7) is 3.83. The molecule has 0 aromatic heterocycles. The molecule has 0 aliphatic heterocycles. The number of allylic oxidation sites excluding steroid dienone is 2. The zero-order chi connectivity index (χ0) is 10.3. The van der Waals surface area contributed by atoms with Gasteiger partial charge in [0.15, 0.2) is 0 Å². The molecule has 0 aliphatic rings. The van der Waals surface area contributed by atoms with Gasteiger partial charge in [0.05, 0.1) is 6.20 Å². The molecule has 0 aromatic carbocycles.